The van der Waals surface area contributed by atoms with E-state index >= 15 is 0 Å². The summed E-state index contributed by atoms with van der Waals surface area (Å²) in [4.78, 5) is 0. The van der Waals surface area contributed by atoms with Gasteiger partial charge in [-0.2, -0.15) is 0 Å². The van der Waals surface area contributed by atoms with Crippen LogP contribution in [0.3, 0.4) is 0 Å². The van der Waals surface area contributed by atoms with Crippen LogP contribution in [0.15, 0.2) is 24.3 Å². The van der Waals surface area contributed by atoms with Crippen LogP contribution in [0.5, 0.6) is 0 Å². The molecule has 1 N–H and O–H groups in total. The smallest absolute Gasteiger partial charge is 0.267 e. The molecule has 1 heterocycles. The maximum atomic E-state index is 13.6. The molecule has 1 aromatic rings. The SMILES string of the molecule is FC1(F)CCCNC1c1ccccc1Cl. The van der Waals surface area contributed by atoms with Crippen molar-refractivity contribution in [1.82, 2.24) is 5.32 Å². The van der Waals surface area contributed by atoms with Gasteiger partial charge in [-0.15, -0.1) is 0 Å². The molecule has 0 aliphatic carbocycles. The summed E-state index contributed by atoms with van der Waals surface area (Å²) in [6.45, 7) is 0.617. The van der Waals surface area contributed by atoms with Gasteiger partial charge in [0.1, 0.15) is 0 Å². The Morgan fingerprint density at radius 3 is 2.73 bits per heavy atom. The van der Waals surface area contributed by atoms with Gasteiger partial charge in [0, 0.05) is 11.4 Å². The Morgan fingerprint density at radius 2 is 2.07 bits per heavy atom. The maximum Gasteiger partial charge on any atom is 0.267 e. The van der Waals surface area contributed by atoms with Crippen molar-refractivity contribution >= 4 is 11.6 Å². The molecule has 1 atom stereocenters. The van der Waals surface area contributed by atoms with E-state index in [-0.39, 0.29) is 6.42 Å². The molecule has 1 aliphatic heterocycles. The summed E-state index contributed by atoms with van der Waals surface area (Å²) >= 11 is 5.91. The summed E-state index contributed by atoms with van der Waals surface area (Å²) < 4.78 is 27.2. The monoisotopic (exact) mass is 231 g/mol. The van der Waals surface area contributed by atoms with Crippen LogP contribution in [0, 0.1) is 0 Å². The minimum absolute atomic E-state index is 0.0735. The number of piperidine rings is 1. The van der Waals surface area contributed by atoms with Crippen LogP contribution in [0.25, 0.3) is 0 Å². The fourth-order valence-electron chi connectivity index (χ4n) is 1.91. The lowest BCUT2D eigenvalue weighted by atomic mass is 9.93. The van der Waals surface area contributed by atoms with Crippen LogP contribution in [-0.2, 0) is 0 Å². The molecule has 0 bridgehead atoms. The van der Waals surface area contributed by atoms with Gasteiger partial charge in [0.15, 0.2) is 0 Å². The van der Waals surface area contributed by atoms with Crippen LogP contribution in [0.2, 0.25) is 5.02 Å². The Balaban J connectivity index is 2.33. The molecule has 0 radical (unpaired) electrons. The topological polar surface area (TPSA) is 12.0 Å². The normalized spacial score (nSPS) is 25.1. The second kappa shape index (κ2) is 4.06. The van der Waals surface area contributed by atoms with Gasteiger partial charge in [0.05, 0.1) is 6.04 Å². The summed E-state index contributed by atoms with van der Waals surface area (Å²) in [5, 5.41) is 3.23. The molecule has 0 spiro atoms. The molecule has 1 saturated heterocycles. The first-order valence-corrected chi connectivity index (χ1v) is 5.35. The zero-order valence-electron chi connectivity index (χ0n) is 8.14. The number of hydrogen-bond donors (Lipinski definition) is 1. The van der Waals surface area contributed by atoms with Crippen LogP contribution in [0.1, 0.15) is 24.4 Å². The van der Waals surface area contributed by atoms with Gasteiger partial charge in [-0.1, -0.05) is 29.8 Å². The molecule has 0 amide bonds. The van der Waals surface area contributed by atoms with Gasteiger partial charge in [-0.3, -0.25) is 0 Å². The van der Waals surface area contributed by atoms with Crippen molar-refractivity contribution in [3.8, 4) is 0 Å². The van der Waals surface area contributed by atoms with Gasteiger partial charge in [0.25, 0.3) is 5.92 Å². The Hall–Kier alpha value is -0.670. The third kappa shape index (κ3) is 2.13. The Kier molecular flexibility index (Phi) is 2.94. The van der Waals surface area contributed by atoms with Crippen molar-refractivity contribution in [2.75, 3.05) is 6.54 Å². The highest BCUT2D eigenvalue weighted by molar-refractivity contribution is 6.31. The minimum Gasteiger partial charge on any atom is -0.305 e. The van der Waals surface area contributed by atoms with Crippen molar-refractivity contribution in [1.29, 1.82) is 0 Å². The largest absolute Gasteiger partial charge is 0.305 e. The van der Waals surface area contributed by atoms with E-state index in [9.17, 15) is 8.78 Å². The third-order valence-corrected chi connectivity index (χ3v) is 3.02. The highest BCUT2D eigenvalue weighted by Crippen LogP contribution is 2.39. The van der Waals surface area contributed by atoms with Crippen molar-refractivity contribution in [3.63, 3.8) is 0 Å². The molecule has 1 unspecified atom stereocenters. The predicted octanol–water partition coefficient (Wildman–Crippen LogP) is 3.40. The lowest BCUT2D eigenvalue weighted by molar-refractivity contribution is -0.0619. The molecular formula is C11H12ClF2N. The minimum atomic E-state index is -2.71. The van der Waals surface area contributed by atoms with E-state index in [1.807, 2.05) is 0 Å². The van der Waals surface area contributed by atoms with E-state index in [1.54, 1.807) is 24.3 Å². The van der Waals surface area contributed by atoms with E-state index in [1.165, 1.54) is 0 Å². The van der Waals surface area contributed by atoms with Crippen LogP contribution < -0.4 is 5.32 Å². The zero-order chi connectivity index (χ0) is 10.9. The molecule has 1 aromatic carbocycles. The molecule has 1 fully saturated rings. The second-order valence-corrected chi connectivity index (χ2v) is 4.18. The molecule has 15 heavy (non-hydrogen) atoms. The van der Waals surface area contributed by atoms with E-state index in [0.717, 1.165) is 0 Å². The van der Waals surface area contributed by atoms with Gasteiger partial charge >= 0.3 is 0 Å². The number of halogens is 3. The van der Waals surface area contributed by atoms with Crippen LogP contribution in [0.4, 0.5) is 8.78 Å². The summed E-state index contributed by atoms with van der Waals surface area (Å²) in [5.41, 5.74) is 0.490. The van der Waals surface area contributed by atoms with Crippen LogP contribution in [-0.4, -0.2) is 12.5 Å². The van der Waals surface area contributed by atoms with Gasteiger partial charge in [-0.25, -0.2) is 8.78 Å². The van der Waals surface area contributed by atoms with Crippen molar-refractivity contribution < 1.29 is 8.78 Å². The predicted molar refractivity (Wildman–Crippen MR) is 56.4 cm³/mol. The average molecular weight is 232 g/mol. The molecule has 1 nitrogen and oxygen atoms in total. The number of hydrogen-bond acceptors (Lipinski definition) is 1. The summed E-state index contributed by atoms with van der Waals surface area (Å²) in [6, 6.07) is 5.82. The molecular weight excluding hydrogens is 220 g/mol. The van der Waals surface area contributed by atoms with Crippen molar-refractivity contribution in [3.05, 3.63) is 34.9 Å². The highest BCUT2D eigenvalue weighted by atomic mass is 35.5. The van der Waals surface area contributed by atoms with E-state index < -0.39 is 12.0 Å². The Labute approximate surface area is 92.4 Å². The summed E-state index contributed by atoms with van der Waals surface area (Å²) in [5.74, 6) is -2.71. The van der Waals surface area contributed by atoms with E-state index in [2.05, 4.69) is 5.32 Å². The molecule has 82 valence electrons. The van der Waals surface area contributed by atoms with Gasteiger partial charge < -0.3 is 5.32 Å². The maximum absolute atomic E-state index is 13.6. The number of nitrogens with one attached hydrogen (secondary N) is 1. The van der Waals surface area contributed by atoms with Gasteiger partial charge in [-0.05, 0) is 24.6 Å². The van der Waals surface area contributed by atoms with Crippen LogP contribution >= 0.6 is 11.6 Å². The fraction of sp³-hybridized carbons (Fsp3) is 0.455. The summed E-state index contributed by atoms with van der Waals surface area (Å²) in [6.07, 6.45) is 0.434. The van der Waals surface area contributed by atoms with Crippen molar-refractivity contribution in [2.45, 2.75) is 24.8 Å². The standard InChI is InChI=1S/C11H12ClF2N/c12-9-5-2-1-4-8(9)10-11(13,14)6-3-7-15-10/h1-2,4-5,10,15H,3,6-7H2. The number of rotatable bonds is 1. The number of benzene rings is 1. The summed E-state index contributed by atoms with van der Waals surface area (Å²) in [7, 11) is 0. The molecule has 1 aliphatic rings. The zero-order valence-corrected chi connectivity index (χ0v) is 8.90. The van der Waals surface area contributed by atoms with E-state index in [4.69, 9.17) is 11.6 Å². The lowest BCUT2D eigenvalue weighted by Crippen LogP contribution is -2.42. The molecule has 4 heteroatoms. The lowest BCUT2D eigenvalue weighted by Gasteiger charge is -2.33. The first kappa shape index (κ1) is 10.8. The second-order valence-electron chi connectivity index (χ2n) is 3.77. The Morgan fingerprint density at radius 1 is 1.33 bits per heavy atom. The number of alkyl halides is 2. The molecule has 2 rings (SSSR count). The fourth-order valence-corrected chi connectivity index (χ4v) is 2.16. The van der Waals surface area contributed by atoms with Crippen molar-refractivity contribution in [2.24, 2.45) is 0 Å². The first-order valence-electron chi connectivity index (χ1n) is 4.97. The third-order valence-electron chi connectivity index (χ3n) is 2.67. The highest BCUT2D eigenvalue weighted by Gasteiger charge is 2.42. The average Bonchev–Trinajstić information content (AvgIpc) is 2.19. The van der Waals surface area contributed by atoms with E-state index in [0.29, 0.717) is 23.6 Å². The molecule has 0 saturated carbocycles. The van der Waals surface area contributed by atoms with Gasteiger partial charge in [0.2, 0.25) is 0 Å². The quantitative estimate of drug-likeness (QED) is 0.781. The molecule has 0 aromatic heterocycles. The first-order chi connectivity index (χ1) is 7.11. The Bertz CT molecular complexity index is 354.